The van der Waals surface area contributed by atoms with Crippen LogP contribution in [0.5, 0.6) is 0 Å². The third-order valence-electron chi connectivity index (χ3n) is 3.88. The molecule has 132 valence electrons. The number of halogens is 1. The Bertz CT molecular complexity index is 657. The highest BCUT2D eigenvalue weighted by atomic mass is 127. The predicted molar refractivity (Wildman–Crippen MR) is 110 cm³/mol. The van der Waals surface area contributed by atoms with Gasteiger partial charge in [0, 0.05) is 17.7 Å². The normalized spacial score (nSPS) is 11.5. The highest BCUT2D eigenvalue weighted by Gasteiger charge is 2.12. The molecule has 1 aromatic heterocycles. The molecule has 0 unspecified atom stereocenters. The summed E-state index contributed by atoms with van der Waals surface area (Å²) in [5.74, 6) is 1.55. The summed E-state index contributed by atoms with van der Waals surface area (Å²) in [5.41, 5.74) is 10.3. The molecule has 0 aliphatic carbocycles. The van der Waals surface area contributed by atoms with Gasteiger partial charge in [-0.05, 0) is 49.9 Å². The van der Waals surface area contributed by atoms with E-state index < -0.39 is 0 Å². The number of aliphatic imine (C=N–C) groups is 1. The van der Waals surface area contributed by atoms with Gasteiger partial charge >= 0.3 is 0 Å². The Morgan fingerprint density at radius 2 is 1.79 bits per heavy atom. The van der Waals surface area contributed by atoms with Crippen molar-refractivity contribution in [1.82, 2.24) is 5.16 Å². The standard InChI is InChI=1S/C18H26N4O.HI/c1-5-14(6-2)17-10-16(23-22-17)11-20-18(19)21-15-8-12(3)7-13(4)9-15;/h7-10,14H,5-6,11H2,1-4H3,(H3,19,20,21);1H. The molecular weight excluding hydrogens is 415 g/mol. The molecule has 3 N–H and O–H groups in total. The average Bonchev–Trinajstić information content (AvgIpc) is 2.94. The van der Waals surface area contributed by atoms with Crippen molar-refractivity contribution in [1.29, 1.82) is 0 Å². The van der Waals surface area contributed by atoms with Crippen molar-refractivity contribution in [2.45, 2.75) is 53.0 Å². The first-order valence-electron chi connectivity index (χ1n) is 8.12. The van der Waals surface area contributed by atoms with E-state index in [0.717, 1.165) is 30.0 Å². The molecule has 24 heavy (non-hydrogen) atoms. The van der Waals surface area contributed by atoms with Gasteiger partial charge in [0.05, 0.1) is 5.69 Å². The van der Waals surface area contributed by atoms with Crippen molar-refractivity contribution < 1.29 is 4.52 Å². The first-order valence-corrected chi connectivity index (χ1v) is 8.12. The van der Waals surface area contributed by atoms with Gasteiger partial charge in [-0.3, -0.25) is 0 Å². The summed E-state index contributed by atoms with van der Waals surface area (Å²) in [6.45, 7) is 8.81. The number of anilines is 1. The van der Waals surface area contributed by atoms with Crippen LogP contribution in [-0.4, -0.2) is 11.1 Å². The van der Waals surface area contributed by atoms with Crippen LogP contribution in [0.25, 0.3) is 0 Å². The second-order valence-electron chi connectivity index (χ2n) is 5.93. The van der Waals surface area contributed by atoms with Gasteiger partial charge in [-0.15, -0.1) is 24.0 Å². The van der Waals surface area contributed by atoms with E-state index in [2.05, 4.69) is 49.2 Å². The second kappa shape index (κ2) is 9.66. The van der Waals surface area contributed by atoms with Gasteiger partial charge in [0.1, 0.15) is 6.54 Å². The van der Waals surface area contributed by atoms with E-state index in [1.54, 1.807) is 0 Å². The molecule has 0 aliphatic rings. The number of nitrogens with two attached hydrogens (primary N) is 1. The Labute approximate surface area is 161 Å². The Balaban J connectivity index is 0.00000288. The highest BCUT2D eigenvalue weighted by Crippen LogP contribution is 2.22. The highest BCUT2D eigenvalue weighted by molar-refractivity contribution is 14.0. The molecule has 0 fully saturated rings. The molecule has 6 heteroatoms. The molecule has 0 radical (unpaired) electrons. The molecule has 5 nitrogen and oxygen atoms in total. The van der Waals surface area contributed by atoms with Crippen LogP contribution in [0.15, 0.2) is 33.8 Å². The van der Waals surface area contributed by atoms with Gasteiger partial charge < -0.3 is 15.6 Å². The zero-order chi connectivity index (χ0) is 16.8. The number of rotatable bonds is 6. The molecule has 0 atom stereocenters. The number of guanidine groups is 1. The smallest absolute Gasteiger partial charge is 0.193 e. The van der Waals surface area contributed by atoms with Crippen LogP contribution < -0.4 is 11.1 Å². The summed E-state index contributed by atoms with van der Waals surface area (Å²) in [5, 5.41) is 7.25. The van der Waals surface area contributed by atoms with E-state index >= 15 is 0 Å². The number of hydrogen-bond acceptors (Lipinski definition) is 3. The molecule has 0 saturated heterocycles. The number of aromatic nitrogens is 1. The second-order valence-corrected chi connectivity index (χ2v) is 5.93. The molecule has 0 bridgehead atoms. The molecule has 1 aromatic carbocycles. The maximum Gasteiger partial charge on any atom is 0.193 e. The molecule has 0 spiro atoms. The lowest BCUT2D eigenvalue weighted by molar-refractivity contribution is 0.372. The van der Waals surface area contributed by atoms with Crippen molar-refractivity contribution in [2.24, 2.45) is 10.7 Å². The lowest BCUT2D eigenvalue weighted by atomic mass is 9.99. The van der Waals surface area contributed by atoms with Crippen molar-refractivity contribution in [2.75, 3.05) is 5.32 Å². The summed E-state index contributed by atoms with van der Waals surface area (Å²) in [6.07, 6.45) is 2.12. The lowest BCUT2D eigenvalue weighted by Gasteiger charge is -2.07. The van der Waals surface area contributed by atoms with Crippen LogP contribution in [0.1, 0.15) is 55.2 Å². The zero-order valence-electron chi connectivity index (χ0n) is 14.8. The fourth-order valence-corrected chi connectivity index (χ4v) is 2.70. The Hall–Kier alpha value is -1.57. The lowest BCUT2D eigenvalue weighted by Crippen LogP contribution is -2.22. The quantitative estimate of drug-likeness (QED) is 0.385. The predicted octanol–water partition coefficient (Wildman–Crippen LogP) is 4.74. The van der Waals surface area contributed by atoms with E-state index in [0.29, 0.717) is 18.4 Å². The van der Waals surface area contributed by atoms with Crippen LogP contribution in [0.2, 0.25) is 0 Å². The molecule has 0 aliphatic heterocycles. The third kappa shape index (κ3) is 5.81. The number of aryl methyl sites for hydroxylation is 2. The number of hydrogen-bond donors (Lipinski definition) is 2. The summed E-state index contributed by atoms with van der Waals surface area (Å²) < 4.78 is 5.35. The van der Waals surface area contributed by atoms with E-state index in [1.165, 1.54) is 11.1 Å². The topological polar surface area (TPSA) is 76.4 Å². The van der Waals surface area contributed by atoms with Crippen LogP contribution in [0.4, 0.5) is 5.69 Å². The van der Waals surface area contributed by atoms with Crippen molar-refractivity contribution in [3.05, 3.63) is 46.8 Å². The Morgan fingerprint density at radius 1 is 1.17 bits per heavy atom. The number of nitrogens with zero attached hydrogens (tertiary/aromatic N) is 2. The van der Waals surface area contributed by atoms with Crippen molar-refractivity contribution >= 4 is 35.6 Å². The van der Waals surface area contributed by atoms with E-state index in [4.69, 9.17) is 10.3 Å². The average molecular weight is 442 g/mol. The van der Waals surface area contributed by atoms with Crippen molar-refractivity contribution in [3.8, 4) is 0 Å². The minimum atomic E-state index is 0. The van der Waals surface area contributed by atoms with Gasteiger partial charge in [0.15, 0.2) is 11.7 Å². The number of nitrogens with one attached hydrogen (secondary N) is 1. The molecule has 1 heterocycles. The molecular formula is C18H27IN4O. The zero-order valence-corrected chi connectivity index (χ0v) is 17.1. The monoisotopic (exact) mass is 442 g/mol. The van der Waals surface area contributed by atoms with Gasteiger partial charge in [0.25, 0.3) is 0 Å². The van der Waals surface area contributed by atoms with E-state index in [-0.39, 0.29) is 24.0 Å². The Morgan fingerprint density at radius 3 is 2.38 bits per heavy atom. The summed E-state index contributed by atoms with van der Waals surface area (Å²) in [6, 6.07) is 8.17. The van der Waals surface area contributed by atoms with Gasteiger partial charge in [-0.25, -0.2) is 4.99 Å². The van der Waals surface area contributed by atoms with Gasteiger partial charge in [-0.2, -0.15) is 0 Å². The summed E-state index contributed by atoms with van der Waals surface area (Å²) >= 11 is 0. The van der Waals surface area contributed by atoms with Crippen LogP contribution >= 0.6 is 24.0 Å². The summed E-state index contributed by atoms with van der Waals surface area (Å²) in [7, 11) is 0. The molecule has 2 rings (SSSR count). The van der Waals surface area contributed by atoms with Crippen LogP contribution in [-0.2, 0) is 6.54 Å². The Kier molecular flexibility index (Phi) is 8.24. The first-order chi connectivity index (χ1) is 11.0. The first kappa shape index (κ1) is 20.5. The minimum Gasteiger partial charge on any atom is -0.370 e. The van der Waals surface area contributed by atoms with Gasteiger partial charge in [0.2, 0.25) is 0 Å². The van der Waals surface area contributed by atoms with E-state index in [9.17, 15) is 0 Å². The molecule has 0 saturated carbocycles. The SMILES string of the molecule is CCC(CC)c1cc(CN=C(N)Nc2cc(C)cc(C)c2)on1.I. The van der Waals surface area contributed by atoms with Crippen LogP contribution in [0.3, 0.4) is 0 Å². The van der Waals surface area contributed by atoms with Crippen LogP contribution in [0, 0.1) is 13.8 Å². The summed E-state index contributed by atoms with van der Waals surface area (Å²) in [4.78, 5) is 4.32. The molecule has 2 aromatic rings. The van der Waals surface area contributed by atoms with Crippen molar-refractivity contribution in [3.63, 3.8) is 0 Å². The fraction of sp³-hybridized carbons (Fsp3) is 0.444. The maximum atomic E-state index is 5.95. The minimum absolute atomic E-state index is 0. The third-order valence-corrected chi connectivity index (χ3v) is 3.88. The molecule has 0 amide bonds. The maximum absolute atomic E-state index is 5.95. The van der Waals surface area contributed by atoms with Gasteiger partial charge in [-0.1, -0.05) is 25.1 Å². The largest absolute Gasteiger partial charge is 0.370 e. The number of benzene rings is 1. The van der Waals surface area contributed by atoms with E-state index in [1.807, 2.05) is 18.2 Å². The fourth-order valence-electron chi connectivity index (χ4n) is 2.70.